The molecular formula is C22H16ClNO3S. The second-order valence-electron chi connectivity index (χ2n) is 6.41. The van der Waals surface area contributed by atoms with E-state index in [0.717, 1.165) is 15.8 Å². The number of aryl methyl sites for hydroxylation is 1. The van der Waals surface area contributed by atoms with E-state index in [1.165, 1.54) is 0 Å². The number of hydrogen-bond donors (Lipinski definition) is 1. The van der Waals surface area contributed by atoms with Gasteiger partial charge < -0.3 is 9.73 Å². The Hall–Kier alpha value is -2.89. The van der Waals surface area contributed by atoms with Crippen LogP contribution in [0, 0.1) is 6.92 Å². The third-order valence-electron chi connectivity index (χ3n) is 4.45. The number of nitrogens with one attached hydrogen (secondary N) is 1. The van der Waals surface area contributed by atoms with Crippen LogP contribution in [0.2, 0.25) is 5.02 Å². The molecule has 0 aliphatic carbocycles. The maximum Gasteiger partial charge on any atom is 0.229 e. The number of benzene rings is 2. The van der Waals surface area contributed by atoms with Gasteiger partial charge in [-0.3, -0.25) is 9.59 Å². The van der Waals surface area contributed by atoms with Crippen LogP contribution in [0.4, 0.5) is 5.69 Å². The van der Waals surface area contributed by atoms with Gasteiger partial charge in [0.05, 0.1) is 6.42 Å². The molecule has 140 valence electrons. The Labute approximate surface area is 170 Å². The third-order valence-corrected chi connectivity index (χ3v) is 5.58. The molecule has 0 fully saturated rings. The first-order chi connectivity index (χ1) is 13.5. The van der Waals surface area contributed by atoms with Gasteiger partial charge in [-0.15, -0.1) is 11.3 Å². The van der Waals surface area contributed by atoms with Crippen LogP contribution in [-0.2, 0) is 11.2 Å². The number of furan rings is 1. The van der Waals surface area contributed by atoms with E-state index in [1.54, 1.807) is 47.7 Å². The molecule has 0 aliphatic rings. The van der Waals surface area contributed by atoms with Gasteiger partial charge in [0.1, 0.15) is 5.58 Å². The number of rotatable bonds is 5. The molecule has 0 spiro atoms. The zero-order valence-electron chi connectivity index (χ0n) is 15.0. The highest BCUT2D eigenvalue weighted by molar-refractivity contribution is 7.10. The van der Waals surface area contributed by atoms with Crippen molar-refractivity contribution in [2.75, 3.05) is 5.32 Å². The van der Waals surface area contributed by atoms with E-state index in [9.17, 15) is 9.59 Å². The van der Waals surface area contributed by atoms with E-state index in [-0.39, 0.29) is 11.7 Å². The van der Waals surface area contributed by atoms with Crippen LogP contribution in [0.3, 0.4) is 0 Å². The van der Waals surface area contributed by atoms with Gasteiger partial charge in [0.25, 0.3) is 0 Å². The third kappa shape index (κ3) is 3.72. The monoisotopic (exact) mass is 409 g/mol. The summed E-state index contributed by atoms with van der Waals surface area (Å²) in [5.41, 5.74) is 2.52. The smallest absolute Gasteiger partial charge is 0.229 e. The standard InChI is InChI=1S/C22H16ClNO3S/c1-13-18-11-16(24-20(25)12-17-3-2-10-28-17)8-9-19(18)27-22(13)21(26)14-4-6-15(23)7-5-14/h2-11H,12H2,1H3,(H,24,25). The van der Waals surface area contributed by atoms with Crippen molar-refractivity contribution < 1.29 is 14.0 Å². The molecule has 6 heteroatoms. The summed E-state index contributed by atoms with van der Waals surface area (Å²) in [5.74, 6) is 0.00782. The SMILES string of the molecule is Cc1c(C(=O)c2ccc(Cl)cc2)oc2ccc(NC(=O)Cc3cccs3)cc12. The first-order valence-electron chi connectivity index (χ1n) is 8.67. The van der Waals surface area contributed by atoms with Crippen molar-refractivity contribution >= 4 is 51.3 Å². The Kier molecular flexibility index (Phi) is 5.03. The molecule has 0 unspecified atom stereocenters. The number of fused-ring (bicyclic) bond motifs is 1. The lowest BCUT2D eigenvalue weighted by Crippen LogP contribution is -2.13. The number of carbonyl (C=O) groups is 2. The maximum atomic E-state index is 12.8. The topological polar surface area (TPSA) is 59.3 Å². The summed E-state index contributed by atoms with van der Waals surface area (Å²) in [7, 11) is 0. The molecule has 0 aliphatic heterocycles. The Morgan fingerprint density at radius 2 is 1.89 bits per heavy atom. The van der Waals surface area contributed by atoms with Crippen molar-refractivity contribution in [3.63, 3.8) is 0 Å². The summed E-state index contributed by atoms with van der Waals surface area (Å²) in [6.07, 6.45) is 0.334. The van der Waals surface area contributed by atoms with E-state index in [0.29, 0.717) is 34.0 Å². The molecular weight excluding hydrogens is 394 g/mol. The van der Waals surface area contributed by atoms with Gasteiger partial charge in [-0.25, -0.2) is 0 Å². The lowest BCUT2D eigenvalue weighted by molar-refractivity contribution is -0.115. The first-order valence-corrected chi connectivity index (χ1v) is 9.92. The summed E-state index contributed by atoms with van der Waals surface area (Å²) < 4.78 is 5.80. The molecule has 4 aromatic rings. The van der Waals surface area contributed by atoms with E-state index < -0.39 is 0 Å². The molecule has 1 amide bonds. The fraction of sp³-hybridized carbons (Fsp3) is 0.0909. The van der Waals surface area contributed by atoms with Crippen molar-refractivity contribution in [2.24, 2.45) is 0 Å². The minimum absolute atomic E-state index is 0.0830. The number of amides is 1. The number of halogens is 1. The lowest BCUT2D eigenvalue weighted by atomic mass is 10.0. The number of anilines is 1. The predicted molar refractivity (Wildman–Crippen MR) is 112 cm³/mol. The van der Waals surface area contributed by atoms with E-state index in [4.69, 9.17) is 16.0 Å². The molecule has 0 radical (unpaired) electrons. The fourth-order valence-electron chi connectivity index (χ4n) is 3.02. The van der Waals surface area contributed by atoms with Crippen LogP contribution < -0.4 is 5.32 Å². The van der Waals surface area contributed by atoms with Gasteiger partial charge in [0.2, 0.25) is 11.7 Å². The van der Waals surface area contributed by atoms with Gasteiger partial charge in [-0.05, 0) is 60.8 Å². The molecule has 4 rings (SSSR count). The summed E-state index contributed by atoms with van der Waals surface area (Å²) >= 11 is 7.44. The normalized spacial score (nSPS) is 10.9. The highest BCUT2D eigenvalue weighted by atomic mass is 35.5. The van der Waals surface area contributed by atoms with Crippen LogP contribution in [0.5, 0.6) is 0 Å². The Bertz CT molecular complexity index is 1160. The number of ketones is 1. The number of hydrogen-bond acceptors (Lipinski definition) is 4. The van der Waals surface area contributed by atoms with Gasteiger partial charge in [0.15, 0.2) is 5.76 Å². The molecule has 0 saturated carbocycles. The second kappa shape index (κ2) is 7.62. The average Bonchev–Trinajstić information content (AvgIpc) is 3.30. The van der Waals surface area contributed by atoms with Crippen molar-refractivity contribution in [2.45, 2.75) is 13.3 Å². The highest BCUT2D eigenvalue weighted by Crippen LogP contribution is 2.30. The molecule has 4 nitrogen and oxygen atoms in total. The molecule has 0 bridgehead atoms. The minimum Gasteiger partial charge on any atom is -0.452 e. The average molecular weight is 410 g/mol. The quantitative estimate of drug-likeness (QED) is 0.419. The maximum absolute atomic E-state index is 12.8. The molecule has 0 saturated heterocycles. The Morgan fingerprint density at radius 1 is 1.11 bits per heavy atom. The number of thiophene rings is 1. The van der Waals surface area contributed by atoms with Crippen molar-refractivity contribution in [1.29, 1.82) is 0 Å². The minimum atomic E-state index is -0.200. The molecule has 0 atom stereocenters. The summed E-state index contributed by atoms with van der Waals surface area (Å²) in [6, 6.07) is 15.9. The van der Waals surface area contributed by atoms with Gasteiger partial charge in [-0.1, -0.05) is 17.7 Å². The van der Waals surface area contributed by atoms with Crippen LogP contribution >= 0.6 is 22.9 Å². The molecule has 2 heterocycles. The van der Waals surface area contributed by atoms with Crippen molar-refractivity contribution in [1.82, 2.24) is 0 Å². The molecule has 2 aromatic carbocycles. The Balaban J connectivity index is 1.59. The van der Waals surface area contributed by atoms with E-state index in [1.807, 2.05) is 30.5 Å². The van der Waals surface area contributed by atoms with E-state index in [2.05, 4.69) is 5.32 Å². The summed E-state index contributed by atoms with van der Waals surface area (Å²) in [5, 5.41) is 6.22. The summed E-state index contributed by atoms with van der Waals surface area (Å²) in [6.45, 7) is 1.84. The fourth-order valence-corrected chi connectivity index (χ4v) is 3.85. The van der Waals surface area contributed by atoms with Crippen molar-refractivity contribution in [3.8, 4) is 0 Å². The second-order valence-corrected chi connectivity index (χ2v) is 7.88. The van der Waals surface area contributed by atoms with Gasteiger partial charge >= 0.3 is 0 Å². The first kappa shape index (κ1) is 18.5. The lowest BCUT2D eigenvalue weighted by Gasteiger charge is -2.04. The van der Waals surface area contributed by atoms with Crippen LogP contribution in [0.1, 0.15) is 26.6 Å². The zero-order valence-corrected chi connectivity index (χ0v) is 16.6. The highest BCUT2D eigenvalue weighted by Gasteiger charge is 2.19. The largest absolute Gasteiger partial charge is 0.452 e. The number of carbonyl (C=O) groups excluding carboxylic acids is 2. The molecule has 2 aromatic heterocycles. The van der Waals surface area contributed by atoms with Crippen LogP contribution in [-0.4, -0.2) is 11.7 Å². The Morgan fingerprint density at radius 3 is 2.61 bits per heavy atom. The predicted octanol–water partition coefficient (Wildman–Crippen LogP) is 5.87. The van der Waals surface area contributed by atoms with Crippen molar-refractivity contribution in [3.05, 3.63) is 86.8 Å². The zero-order chi connectivity index (χ0) is 19.7. The van der Waals surface area contributed by atoms with Gasteiger partial charge in [0, 0.05) is 32.1 Å². The molecule has 28 heavy (non-hydrogen) atoms. The summed E-state index contributed by atoms with van der Waals surface area (Å²) in [4.78, 5) is 26.0. The van der Waals surface area contributed by atoms with Gasteiger partial charge in [-0.2, -0.15) is 0 Å². The van der Waals surface area contributed by atoms with Crippen LogP contribution in [0.15, 0.2) is 64.4 Å². The molecule has 1 N–H and O–H groups in total. The van der Waals surface area contributed by atoms with E-state index >= 15 is 0 Å². The van der Waals surface area contributed by atoms with Crippen LogP contribution in [0.25, 0.3) is 11.0 Å².